The molecule has 0 aliphatic carbocycles. The van der Waals surface area contributed by atoms with Crippen LogP contribution in [0.1, 0.15) is 16.2 Å². The molecule has 128 valence electrons. The summed E-state index contributed by atoms with van der Waals surface area (Å²) >= 11 is 1.57. The lowest BCUT2D eigenvalue weighted by atomic mass is 10.2. The van der Waals surface area contributed by atoms with Gasteiger partial charge < -0.3 is 10.1 Å². The number of nitrogens with one attached hydrogen (secondary N) is 1. The Morgan fingerprint density at radius 3 is 2.56 bits per heavy atom. The van der Waals surface area contributed by atoms with Crippen LogP contribution in [0, 0.1) is 6.92 Å². The third kappa shape index (κ3) is 3.51. The van der Waals surface area contributed by atoms with Gasteiger partial charge in [0.05, 0.1) is 24.2 Å². The number of methoxy groups -OCH3 is 1. The molecule has 6 nitrogen and oxygen atoms in total. The van der Waals surface area contributed by atoms with E-state index >= 15 is 0 Å². The third-order valence-electron chi connectivity index (χ3n) is 3.78. The van der Waals surface area contributed by atoms with Crippen molar-refractivity contribution in [2.75, 3.05) is 18.7 Å². The Balaban J connectivity index is 1.86. The normalized spacial score (nSPS) is 10.5. The van der Waals surface area contributed by atoms with Gasteiger partial charge in [-0.2, -0.15) is 0 Å². The molecular weight excluding hydrogens is 336 g/mol. The maximum atomic E-state index is 12.6. The Labute approximate surface area is 150 Å². The monoisotopic (exact) mass is 354 g/mol. The Morgan fingerprint density at radius 2 is 1.88 bits per heavy atom. The summed E-state index contributed by atoms with van der Waals surface area (Å²) in [6.45, 7) is 1.82. The van der Waals surface area contributed by atoms with Crippen LogP contribution in [-0.2, 0) is 0 Å². The summed E-state index contributed by atoms with van der Waals surface area (Å²) in [5.74, 6) is 0.479. The predicted octanol–water partition coefficient (Wildman–Crippen LogP) is 3.56. The number of benzene rings is 2. The number of anilines is 1. The van der Waals surface area contributed by atoms with Crippen LogP contribution in [-0.4, -0.2) is 34.3 Å². The van der Waals surface area contributed by atoms with Gasteiger partial charge >= 0.3 is 0 Å². The summed E-state index contributed by atoms with van der Waals surface area (Å²) in [7, 11) is 1.62. The Hall–Kier alpha value is -2.80. The molecule has 2 aromatic carbocycles. The highest BCUT2D eigenvalue weighted by atomic mass is 32.2. The van der Waals surface area contributed by atoms with Gasteiger partial charge in [0, 0.05) is 4.90 Å². The molecule has 3 rings (SSSR count). The first-order chi connectivity index (χ1) is 12.1. The number of thioether (sulfide) groups is 1. The predicted molar refractivity (Wildman–Crippen MR) is 98.8 cm³/mol. The van der Waals surface area contributed by atoms with Gasteiger partial charge in [0.2, 0.25) is 0 Å². The molecule has 0 aliphatic heterocycles. The molecule has 0 atom stereocenters. The van der Waals surface area contributed by atoms with E-state index in [-0.39, 0.29) is 5.91 Å². The molecule has 7 heteroatoms. The zero-order valence-corrected chi connectivity index (χ0v) is 15.0. The topological polar surface area (TPSA) is 69.0 Å². The fraction of sp³-hybridized carbons (Fsp3) is 0.167. The molecule has 0 aliphatic rings. The summed E-state index contributed by atoms with van der Waals surface area (Å²) in [6, 6.07) is 15.1. The fourth-order valence-electron chi connectivity index (χ4n) is 2.44. The highest BCUT2D eigenvalue weighted by molar-refractivity contribution is 7.98. The van der Waals surface area contributed by atoms with Crippen molar-refractivity contribution in [1.29, 1.82) is 0 Å². The molecule has 0 saturated carbocycles. The Morgan fingerprint density at radius 1 is 1.16 bits per heavy atom. The summed E-state index contributed by atoms with van der Waals surface area (Å²) in [5.41, 5.74) is 2.55. The lowest BCUT2D eigenvalue weighted by molar-refractivity contribution is 0.102. The van der Waals surface area contributed by atoms with Gasteiger partial charge in [-0.05, 0) is 49.6 Å². The maximum absolute atomic E-state index is 12.6. The molecule has 1 N–H and O–H groups in total. The van der Waals surface area contributed by atoms with Gasteiger partial charge in [-0.1, -0.05) is 17.3 Å². The van der Waals surface area contributed by atoms with Crippen molar-refractivity contribution in [2.24, 2.45) is 0 Å². The van der Waals surface area contributed by atoms with E-state index in [2.05, 4.69) is 15.6 Å². The minimum absolute atomic E-state index is 0.279. The van der Waals surface area contributed by atoms with E-state index in [0.717, 1.165) is 22.0 Å². The van der Waals surface area contributed by atoms with Gasteiger partial charge in [0.25, 0.3) is 5.91 Å². The third-order valence-corrected chi connectivity index (χ3v) is 4.58. The minimum atomic E-state index is -0.279. The second-order valence-electron chi connectivity index (χ2n) is 5.29. The molecule has 0 saturated heterocycles. The number of para-hydroxylation sites is 1. The zero-order valence-electron chi connectivity index (χ0n) is 14.2. The van der Waals surface area contributed by atoms with Crippen molar-refractivity contribution < 1.29 is 9.53 Å². The Kier molecular flexibility index (Phi) is 5.04. The summed E-state index contributed by atoms with van der Waals surface area (Å²) < 4.78 is 6.79. The minimum Gasteiger partial charge on any atom is -0.497 e. The van der Waals surface area contributed by atoms with Crippen molar-refractivity contribution >= 4 is 23.4 Å². The lowest BCUT2D eigenvalue weighted by Crippen LogP contribution is -2.14. The number of ether oxygens (including phenoxy) is 1. The van der Waals surface area contributed by atoms with E-state index in [1.165, 1.54) is 0 Å². The van der Waals surface area contributed by atoms with Crippen LogP contribution >= 0.6 is 11.8 Å². The van der Waals surface area contributed by atoms with Gasteiger partial charge in [0.15, 0.2) is 5.69 Å². The van der Waals surface area contributed by atoms with Gasteiger partial charge in [-0.25, -0.2) is 4.68 Å². The van der Waals surface area contributed by atoms with Crippen LogP contribution in [0.2, 0.25) is 0 Å². The van der Waals surface area contributed by atoms with Gasteiger partial charge in [-0.15, -0.1) is 16.9 Å². The average molecular weight is 354 g/mol. The lowest BCUT2D eigenvalue weighted by Gasteiger charge is -2.08. The molecule has 3 aromatic rings. The van der Waals surface area contributed by atoms with Gasteiger partial charge in [-0.3, -0.25) is 4.79 Å². The molecule has 0 spiro atoms. The number of aromatic nitrogens is 3. The van der Waals surface area contributed by atoms with Crippen LogP contribution in [0.3, 0.4) is 0 Å². The molecule has 1 aromatic heterocycles. The first-order valence-electron chi connectivity index (χ1n) is 7.65. The average Bonchev–Trinajstić information content (AvgIpc) is 3.03. The molecule has 0 unspecified atom stereocenters. The van der Waals surface area contributed by atoms with E-state index < -0.39 is 0 Å². The standard InChI is InChI=1S/C18H18N4O2S/c1-12-17(18(23)19-15-6-4-5-7-16(15)25-3)20-21-22(12)13-8-10-14(24-2)11-9-13/h4-11H,1-3H3,(H,19,23). The van der Waals surface area contributed by atoms with Crippen molar-refractivity contribution in [1.82, 2.24) is 15.0 Å². The smallest absolute Gasteiger partial charge is 0.278 e. The van der Waals surface area contributed by atoms with Gasteiger partial charge in [0.1, 0.15) is 5.75 Å². The maximum Gasteiger partial charge on any atom is 0.278 e. The second kappa shape index (κ2) is 7.40. The van der Waals surface area contributed by atoms with E-state index in [1.54, 1.807) is 23.6 Å². The molecule has 1 amide bonds. The van der Waals surface area contributed by atoms with E-state index in [4.69, 9.17) is 4.74 Å². The first-order valence-corrected chi connectivity index (χ1v) is 8.87. The number of hydrogen-bond donors (Lipinski definition) is 1. The van der Waals surface area contributed by atoms with Crippen LogP contribution in [0.5, 0.6) is 5.75 Å². The SMILES string of the molecule is COc1ccc(-n2nnc(C(=O)Nc3ccccc3SC)c2C)cc1. The van der Waals surface area contributed by atoms with Crippen LogP contribution < -0.4 is 10.1 Å². The van der Waals surface area contributed by atoms with Crippen molar-refractivity contribution in [3.05, 3.63) is 59.9 Å². The highest BCUT2D eigenvalue weighted by Crippen LogP contribution is 2.25. The Bertz CT molecular complexity index is 890. The van der Waals surface area contributed by atoms with Crippen molar-refractivity contribution in [3.63, 3.8) is 0 Å². The summed E-state index contributed by atoms with van der Waals surface area (Å²) in [6.07, 6.45) is 1.97. The largest absolute Gasteiger partial charge is 0.497 e. The highest BCUT2D eigenvalue weighted by Gasteiger charge is 2.18. The number of hydrogen-bond acceptors (Lipinski definition) is 5. The number of nitrogens with zero attached hydrogens (tertiary/aromatic N) is 3. The summed E-state index contributed by atoms with van der Waals surface area (Å²) in [5, 5.41) is 11.1. The first kappa shape index (κ1) is 17.0. The van der Waals surface area contributed by atoms with Crippen LogP contribution in [0.25, 0.3) is 5.69 Å². The van der Waals surface area contributed by atoms with Crippen LogP contribution in [0.4, 0.5) is 5.69 Å². The zero-order chi connectivity index (χ0) is 17.8. The molecule has 0 bridgehead atoms. The molecule has 25 heavy (non-hydrogen) atoms. The molecular formula is C18H18N4O2S. The van der Waals surface area contributed by atoms with Crippen molar-refractivity contribution in [3.8, 4) is 11.4 Å². The summed E-state index contributed by atoms with van der Waals surface area (Å²) in [4.78, 5) is 13.6. The number of amides is 1. The molecule has 0 radical (unpaired) electrons. The number of carbonyl (C=O) groups is 1. The van der Waals surface area contributed by atoms with E-state index in [9.17, 15) is 4.79 Å². The van der Waals surface area contributed by atoms with Crippen LogP contribution in [0.15, 0.2) is 53.4 Å². The quantitative estimate of drug-likeness (QED) is 0.710. The van der Waals surface area contributed by atoms with Crippen molar-refractivity contribution in [2.45, 2.75) is 11.8 Å². The number of carbonyl (C=O) groups excluding carboxylic acids is 1. The fourth-order valence-corrected chi connectivity index (χ4v) is 2.99. The molecule has 1 heterocycles. The molecule has 0 fully saturated rings. The van der Waals surface area contributed by atoms with E-state index in [1.807, 2.05) is 61.7 Å². The second-order valence-corrected chi connectivity index (χ2v) is 6.14. The number of rotatable bonds is 5. The van der Waals surface area contributed by atoms with E-state index in [0.29, 0.717) is 11.4 Å².